The zero-order valence-corrected chi connectivity index (χ0v) is 16.8. The molecule has 27 heavy (non-hydrogen) atoms. The van der Waals surface area contributed by atoms with Crippen molar-refractivity contribution in [1.29, 1.82) is 0 Å². The van der Waals surface area contributed by atoms with Gasteiger partial charge in [-0.2, -0.15) is 4.31 Å². The Hall–Kier alpha value is -2.25. The Morgan fingerprint density at radius 3 is 2.37 bits per heavy atom. The SMILES string of the molecule is CCN(CC)S(=O)(=O)c1cc(C(=O)Nc2cccc(C(C)C)c2)ccc1F. The van der Waals surface area contributed by atoms with Crippen LogP contribution in [0, 0.1) is 5.82 Å². The average molecular weight is 392 g/mol. The quantitative estimate of drug-likeness (QED) is 0.767. The summed E-state index contributed by atoms with van der Waals surface area (Å²) < 4.78 is 40.6. The number of carbonyl (C=O) groups excluding carboxylic acids is 1. The molecule has 0 radical (unpaired) electrons. The van der Waals surface area contributed by atoms with Gasteiger partial charge in [-0.25, -0.2) is 12.8 Å². The van der Waals surface area contributed by atoms with E-state index in [1.165, 1.54) is 6.07 Å². The summed E-state index contributed by atoms with van der Waals surface area (Å²) in [6, 6.07) is 10.8. The molecule has 0 aliphatic heterocycles. The van der Waals surface area contributed by atoms with Crippen molar-refractivity contribution in [2.75, 3.05) is 18.4 Å². The lowest BCUT2D eigenvalue weighted by molar-refractivity contribution is 0.102. The van der Waals surface area contributed by atoms with E-state index >= 15 is 0 Å². The second kappa shape index (κ2) is 8.63. The van der Waals surface area contributed by atoms with Gasteiger partial charge in [0.25, 0.3) is 5.91 Å². The molecule has 0 bridgehead atoms. The third kappa shape index (κ3) is 4.73. The number of carbonyl (C=O) groups is 1. The summed E-state index contributed by atoms with van der Waals surface area (Å²) >= 11 is 0. The second-order valence-electron chi connectivity index (χ2n) is 6.47. The third-order valence-corrected chi connectivity index (χ3v) is 6.39. The number of anilines is 1. The summed E-state index contributed by atoms with van der Waals surface area (Å²) in [6.07, 6.45) is 0. The van der Waals surface area contributed by atoms with Gasteiger partial charge in [-0.15, -0.1) is 0 Å². The molecule has 7 heteroatoms. The number of hydrogen-bond acceptors (Lipinski definition) is 3. The van der Waals surface area contributed by atoms with Crippen LogP contribution in [-0.2, 0) is 10.0 Å². The van der Waals surface area contributed by atoms with Crippen LogP contribution in [0.1, 0.15) is 49.5 Å². The van der Waals surface area contributed by atoms with E-state index in [-0.39, 0.29) is 18.7 Å². The van der Waals surface area contributed by atoms with Crippen LogP contribution in [0.3, 0.4) is 0 Å². The fourth-order valence-electron chi connectivity index (χ4n) is 2.72. The van der Waals surface area contributed by atoms with Crippen LogP contribution < -0.4 is 5.32 Å². The topological polar surface area (TPSA) is 66.5 Å². The van der Waals surface area contributed by atoms with E-state index < -0.39 is 26.6 Å². The van der Waals surface area contributed by atoms with Crippen LogP contribution in [0.2, 0.25) is 0 Å². The van der Waals surface area contributed by atoms with E-state index in [1.54, 1.807) is 19.9 Å². The minimum Gasteiger partial charge on any atom is -0.322 e. The minimum atomic E-state index is -4.00. The minimum absolute atomic E-state index is 0.0806. The van der Waals surface area contributed by atoms with E-state index in [0.29, 0.717) is 11.6 Å². The number of nitrogens with zero attached hydrogens (tertiary/aromatic N) is 1. The number of nitrogens with one attached hydrogen (secondary N) is 1. The maximum Gasteiger partial charge on any atom is 0.255 e. The lowest BCUT2D eigenvalue weighted by Gasteiger charge is -2.19. The Morgan fingerprint density at radius 2 is 1.78 bits per heavy atom. The first-order chi connectivity index (χ1) is 12.7. The predicted molar refractivity (Wildman–Crippen MR) is 105 cm³/mol. The van der Waals surface area contributed by atoms with Gasteiger partial charge >= 0.3 is 0 Å². The lowest BCUT2D eigenvalue weighted by atomic mass is 10.0. The molecular formula is C20H25FN2O3S. The molecule has 0 heterocycles. The molecule has 0 unspecified atom stereocenters. The molecule has 0 atom stereocenters. The van der Waals surface area contributed by atoms with Crippen molar-refractivity contribution in [3.63, 3.8) is 0 Å². The Labute approximate surface area is 160 Å². The van der Waals surface area contributed by atoms with Crippen LogP contribution >= 0.6 is 0 Å². The molecule has 2 rings (SSSR count). The predicted octanol–water partition coefficient (Wildman–Crippen LogP) is 4.23. The zero-order valence-electron chi connectivity index (χ0n) is 16.0. The van der Waals surface area contributed by atoms with Gasteiger partial charge in [-0.3, -0.25) is 4.79 Å². The molecule has 0 aliphatic rings. The molecule has 0 saturated carbocycles. The second-order valence-corrected chi connectivity index (χ2v) is 8.38. The highest BCUT2D eigenvalue weighted by Gasteiger charge is 2.26. The van der Waals surface area contributed by atoms with Crippen molar-refractivity contribution < 1.29 is 17.6 Å². The molecule has 0 spiro atoms. The zero-order chi connectivity index (χ0) is 20.2. The summed E-state index contributed by atoms with van der Waals surface area (Å²) in [7, 11) is -4.00. The van der Waals surface area contributed by atoms with Crippen LogP contribution in [0.25, 0.3) is 0 Å². The molecule has 2 aromatic rings. The molecule has 1 amide bonds. The van der Waals surface area contributed by atoms with Crippen molar-refractivity contribution in [3.8, 4) is 0 Å². The summed E-state index contributed by atoms with van der Waals surface area (Å²) in [6.45, 7) is 7.89. The van der Waals surface area contributed by atoms with Gasteiger partial charge < -0.3 is 5.32 Å². The summed E-state index contributed by atoms with van der Waals surface area (Å²) in [5.74, 6) is -1.06. The molecular weight excluding hydrogens is 367 g/mol. The molecule has 1 N–H and O–H groups in total. The monoisotopic (exact) mass is 392 g/mol. The fraction of sp³-hybridized carbons (Fsp3) is 0.350. The number of benzene rings is 2. The van der Waals surface area contributed by atoms with Crippen LogP contribution in [0.15, 0.2) is 47.4 Å². The van der Waals surface area contributed by atoms with E-state index in [0.717, 1.165) is 22.0 Å². The van der Waals surface area contributed by atoms with Crippen LogP contribution in [0.4, 0.5) is 10.1 Å². The number of amides is 1. The van der Waals surface area contributed by atoms with Crippen LogP contribution in [-0.4, -0.2) is 31.7 Å². The number of hydrogen-bond donors (Lipinski definition) is 1. The summed E-state index contributed by atoms with van der Waals surface area (Å²) in [5.41, 5.74) is 1.75. The first-order valence-corrected chi connectivity index (χ1v) is 10.4. The van der Waals surface area contributed by atoms with E-state index in [9.17, 15) is 17.6 Å². The molecule has 2 aromatic carbocycles. The highest BCUT2D eigenvalue weighted by molar-refractivity contribution is 7.89. The normalized spacial score (nSPS) is 11.8. The Bertz CT molecular complexity index is 923. The van der Waals surface area contributed by atoms with Gasteiger partial charge in [-0.05, 0) is 41.8 Å². The molecule has 0 saturated heterocycles. The standard InChI is InChI=1S/C20H25FN2O3S/c1-5-23(6-2)27(25,26)19-13-16(10-11-18(19)21)20(24)22-17-9-7-8-15(12-17)14(3)4/h7-14H,5-6H2,1-4H3,(H,22,24). The van der Waals surface area contributed by atoms with Gasteiger partial charge in [0.1, 0.15) is 10.7 Å². The molecule has 0 aromatic heterocycles. The van der Waals surface area contributed by atoms with Crippen molar-refractivity contribution in [1.82, 2.24) is 4.31 Å². The van der Waals surface area contributed by atoms with Gasteiger partial charge in [-0.1, -0.05) is 39.8 Å². The fourth-order valence-corrected chi connectivity index (χ4v) is 4.27. The van der Waals surface area contributed by atoms with Crippen molar-refractivity contribution in [2.24, 2.45) is 0 Å². The number of rotatable bonds is 7. The summed E-state index contributed by atoms with van der Waals surface area (Å²) in [4.78, 5) is 12.1. The molecule has 0 aliphatic carbocycles. The lowest BCUT2D eigenvalue weighted by Crippen LogP contribution is -2.31. The van der Waals surface area contributed by atoms with Gasteiger partial charge in [0.2, 0.25) is 10.0 Å². The average Bonchev–Trinajstić information content (AvgIpc) is 2.62. The van der Waals surface area contributed by atoms with Gasteiger partial charge in [0.05, 0.1) is 0 Å². The Balaban J connectivity index is 2.35. The van der Waals surface area contributed by atoms with E-state index in [1.807, 2.05) is 32.0 Å². The Kier molecular flexibility index (Phi) is 6.73. The van der Waals surface area contributed by atoms with Gasteiger partial charge in [0, 0.05) is 24.3 Å². The first-order valence-electron chi connectivity index (χ1n) is 8.91. The highest BCUT2D eigenvalue weighted by Crippen LogP contribution is 2.22. The van der Waals surface area contributed by atoms with Gasteiger partial charge in [0.15, 0.2) is 0 Å². The highest BCUT2D eigenvalue weighted by atomic mass is 32.2. The number of sulfonamides is 1. The summed E-state index contributed by atoms with van der Waals surface area (Å²) in [5, 5.41) is 2.74. The van der Waals surface area contributed by atoms with E-state index in [4.69, 9.17) is 0 Å². The van der Waals surface area contributed by atoms with Crippen molar-refractivity contribution in [3.05, 3.63) is 59.4 Å². The molecule has 5 nitrogen and oxygen atoms in total. The maximum atomic E-state index is 14.2. The van der Waals surface area contributed by atoms with Crippen molar-refractivity contribution >= 4 is 21.6 Å². The van der Waals surface area contributed by atoms with Crippen LogP contribution in [0.5, 0.6) is 0 Å². The number of halogens is 1. The maximum absolute atomic E-state index is 14.2. The smallest absolute Gasteiger partial charge is 0.255 e. The largest absolute Gasteiger partial charge is 0.322 e. The molecule has 0 fully saturated rings. The molecule has 146 valence electrons. The Morgan fingerprint density at radius 1 is 1.11 bits per heavy atom. The van der Waals surface area contributed by atoms with E-state index in [2.05, 4.69) is 5.32 Å². The first kappa shape index (κ1) is 21.1. The van der Waals surface area contributed by atoms with Crippen molar-refractivity contribution in [2.45, 2.75) is 38.5 Å². The third-order valence-electron chi connectivity index (χ3n) is 4.33.